The Balaban J connectivity index is 1.94. The predicted octanol–water partition coefficient (Wildman–Crippen LogP) is 3.68. The monoisotopic (exact) mass is 364 g/mol. The summed E-state index contributed by atoms with van der Waals surface area (Å²) in [5, 5.41) is 5.74. The molecular formula is C21H24N4O2. The number of imidazole rings is 1. The molecule has 0 unspecified atom stereocenters. The number of anilines is 1. The zero-order valence-corrected chi connectivity index (χ0v) is 16.0. The first-order valence-corrected chi connectivity index (χ1v) is 8.98. The molecule has 2 aromatic heterocycles. The fourth-order valence-corrected chi connectivity index (χ4v) is 2.78. The highest BCUT2D eigenvalue weighted by atomic mass is 16.2. The van der Waals surface area contributed by atoms with Gasteiger partial charge in [0.1, 0.15) is 0 Å². The molecule has 3 rings (SSSR count). The van der Waals surface area contributed by atoms with Crippen LogP contribution in [0.4, 0.5) is 5.69 Å². The van der Waals surface area contributed by atoms with Crippen molar-refractivity contribution in [3.63, 3.8) is 0 Å². The Morgan fingerprint density at radius 3 is 2.37 bits per heavy atom. The fourth-order valence-electron chi connectivity index (χ4n) is 2.78. The van der Waals surface area contributed by atoms with Crippen LogP contribution in [-0.4, -0.2) is 26.7 Å². The van der Waals surface area contributed by atoms with Crippen molar-refractivity contribution >= 4 is 23.0 Å². The van der Waals surface area contributed by atoms with E-state index >= 15 is 0 Å². The number of rotatable bonds is 4. The van der Waals surface area contributed by atoms with E-state index in [1.54, 1.807) is 22.7 Å². The molecule has 0 saturated heterocycles. The van der Waals surface area contributed by atoms with Crippen molar-refractivity contribution in [2.75, 3.05) is 5.32 Å². The third-order valence-electron chi connectivity index (χ3n) is 4.08. The number of benzene rings is 1. The molecule has 140 valence electrons. The minimum atomic E-state index is -0.398. The molecule has 0 fully saturated rings. The van der Waals surface area contributed by atoms with Gasteiger partial charge in [0.15, 0.2) is 5.69 Å². The van der Waals surface area contributed by atoms with Gasteiger partial charge < -0.3 is 10.6 Å². The van der Waals surface area contributed by atoms with Gasteiger partial charge in [0.05, 0.1) is 5.52 Å². The number of hydrogen-bond acceptors (Lipinski definition) is 3. The number of aromatic nitrogens is 2. The van der Waals surface area contributed by atoms with E-state index < -0.39 is 5.54 Å². The van der Waals surface area contributed by atoms with Gasteiger partial charge in [-0.3, -0.25) is 14.0 Å². The maximum Gasteiger partial charge on any atom is 0.292 e. The topological polar surface area (TPSA) is 75.5 Å². The van der Waals surface area contributed by atoms with Crippen LogP contribution in [0.2, 0.25) is 0 Å². The summed E-state index contributed by atoms with van der Waals surface area (Å²) >= 11 is 0. The molecule has 0 spiro atoms. The Morgan fingerprint density at radius 2 is 1.74 bits per heavy atom. The van der Waals surface area contributed by atoms with Crippen LogP contribution in [0.1, 0.15) is 54.4 Å². The minimum Gasteiger partial charge on any atom is -0.346 e. The molecule has 0 bridgehead atoms. The summed E-state index contributed by atoms with van der Waals surface area (Å²) in [7, 11) is 0. The highest BCUT2D eigenvalue weighted by Gasteiger charge is 2.24. The summed E-state index contributed by atoms with van der Waals surface area (Å²) in [5.74, 6) is -0.503. The Hall–Kier alpha value is -3.15. The second-order valence-corrected chi connectivity index (χ2v) is 7.45. The summed E-state index contributed by atoms with van der Waals surface area (Å²) in [5.41, 5.74) is 2.30. The molecule has 2 heterocycles. The average Bonchev–Trinajstić information content (AvgIpc) is 3.01. The first-order valence-electron chi connectivity index (χ1n) is 8.98. The summed E-state index contributed by atoms with van der Waals surface area (Å²) in [6, 6.07) is 13.1. The number of carbonyl (C=O) groups excluding carboxylic acids is 2. The number of amides is 2. The second-order valence-electron chi connectivity index (χ2n) is 7.45. The number of aryl methyl sites for hydroxylation is 1. The van der Waals surface area contributed by atoms with E-state index in [9.17, 15) is 9.59 Å². The van der Waals surface area contributed by atoms with Gasteiger partial charge in [-0.25, -0.2) is 4.98 Å². The molecular weight excluding hydrogens is 340 g/mol. The van der Waals surface area contributed by atoms with Gasteiger partial charge in [-0.1, -0.05) is 25.1 Å². The number of fused-ring (bicyclic) bond motifs is 1. The third kappa shape index (κ3) is 4.16. The van der Waals surface area contributed by atoms with Crippen LogP contribution in [-0.2, 0) is 6.42 Å². The smallest absolute Gasteiger partial charge is 0.292 e. The van der Waals surface area contributed by atoms with Crippen LogP contribution in [0.15, 0.2) is 48.7 Å². The quantitative estimate of drug-likeness (QED) is 0.741. The maximum absolute atomic E-state index is 12.8. The van der Waals surface area contributed by atoms with E-state index in [2.05, 4.69) is 22.5 Å². The molecule has 0 atom stereocenters. The minimum absolute atomic E-state index is 0.171. The Kier molecular flexibility index (Phi) is 4.99. The number of nitrogens with zero attached hydrogens (tertiary/aromatic N) is 2. The van der Waals surface area contributed by atoms with Crippen molar-refractivity contribution < 1.29 is 9.59 Å². The number of carbonyl (C=O) groups is 2. The Morgan fingerprint density at radius 1 is 1.04 bits per heavy atom. The SMILES string of the molecule is CCc1ccc(NC(=O)c2nc(C(=O)NC(C)(C)C)c3ccccn23)cc1. The summed E-state index contributed by atoms with van der Waals surface area (Å²) < 4.78 is 1.63. The van der Waals surface area contributed by atoms with E-state index in [1.165, 1.54) is 5.56 Å². The van der Waals surface area contributed by atoms with E-state index in [0.717, 1.165) is 6.42 Å². The highest BCUT2D eigenvalue weighted by molar-refractivity contribution is 6.06. The number of hydrogen-bond donors (Lipinski definition) is 2. The van der Waals surface area contributed by atoms with Crippen molar-refractivity contribution in [2.24, 2.45) is 0 Å². The molecule has 2 amide bonds. The first kappa shape index (κ1) is 18.6. The largest absolute Gasteiger partial charge is 0.346 e. The highest BCUT2D eigenvalue weighted by Crippen LogP contribution is 2.17. The van der Waals surface area contributed by atoms with Gasteiger partial charge in [-0.15, -0.1) is 0 Å². The normalized spacial score (nSPS) is 11.4. The lowest BCUT2D eigenvalue weighted by Crippen LogP contribution is -2.40. The molecule has 0 aliphatic heterocycles. The molecule has 6 nitrogen and oxygen atoms in total. The molecule has 0 saturated carbocycles. The summed E-state index contributed by atoms with van der Waals surface area (Å²) in [6.45, 7) is 7.78. The van der Waals surface area contributed by atoms with Gasteiger partial charge in [-0.2, -0.15) is 0 Å². The fraction of sp³-hybridized carbons (Fsp3) is 0.286. The Bertz CT molecular complexity index is 982. The summed E-state index contributed by atoms with van der Waals surface area (Å²) in [6.07, 6.45) is 2.66. The van der Waals surface area contributed by atoms with Crippen molar-refractivity contribution in [2.45, 2.75) is 39.7 Å². The number of pyridine rings is 1. The predicted molar refractivity (Wildman–Crippen MR) is 106 cm³/mol. The van der Waals surface area contributed by atoms with Gasteiger partial charge >= 0.3 is 0 Å². The van der Waals surface area contributed by atoms with Crippen LogP contribution < -0.4 is 10.6 Å². The average molecular weight is 364 g/mol. The first-order chi connectivity index (χ1) is 12.8. The molecule has 0 radical (unpaired) electrons. The van der Waals surface area contributed by atoms with Crippen molar-refractivity contribution in [1.29, 1.82) is 0 Å². The zero-order chi connectivity index (χ0) is 19.6. The van der Waals surface area contributed by atoms with Crippen LogP contribution >= 0.6 is 0 Å². The third-order valence-corrected chi connectivity index (χ3v) is 4.08. The molecule has 27 heavy (non-hydrogen) atoms. The van der Waals surface area contributed by atoms with E-state index in [4.69, 9.17) is 0 Å². The molecule has 1 aromatic carbocycles. The second kappa shape index (κ2) is 7.23. The van der Waals surface area contributed by atoms with Crippen molar-refractivity contribution in [3.8, 4) is 0 Å². The van der Waals surface area contributed by atoms with Gasteiger partial charge in [0, 0.05) is 17.4 Å². The number of nitrogens with one attached hydrogen (secondary N) is 2. The molecule has 0 aliphatic rings. The lowest BCUT2D eigenvalue weighted by molar-refractivity contribution is 0.0916. The lowest BCUT2D eigenvalue weighted by Gasteiger charge is -2.19. The Labute approximate surface area is 158 Å². The van der Waals surface area contributed by atoms with Crippen LogP contribution in [0, 0.1) is 0 Å². The van der Waals surface area contributed by atoms with E-state index in [1.807, 2.05) is 51.1 Å². The molecule has 2 N–H and O–H groups in total. The summed E-state index contributed by atoms with van der Waals surface area (Å²) in [4.78, 5) is 29.7. The standard InChI is InChI=1S/C21H24N4O2/c1-5-14-9-11-15(12-10-14)22-20(27)18-23-17(19(26)24-21(2,3)4)16-8-6-7-13-25(16)18/h6-13H,5H2,1-4H3,(H,22,27)(H,24,26). The molecule has 6 heteroatoms. The van der Waals surface area contributed by atoms with E-state index in [0.29, 0.717) is 11.2 Å². The van der Waals surface area contributed by atoms with Crippen LogP contribution in [0.5, 0.6) is 0 Å². The lowest BCUT2D eigenvalue weighted by atomic mass is 10.1. The van der Waals surface area contributed by atoms with Gasteiger partial charge in [0.2, 0.25) is 5.82 Å². The molecule has 3 aromatic rings. The van der Waals surface area contributed by atoms with Crippen LogP contribution in [0.3, 0.4) is 0 Å². The van der Waals surface area contributed by atoms with E-state index in [-0.39, 0.29) is 23.3 Å². The maximum atomic E-state index is 12.8. The van der Waals surface area contributed by atoms with Crippen LogP contribution in [0.25, 0.3) is 5.52 Å². The molecule has 0 aliphatic carbocycles. The zero-order valence-electron chi connectivity index (χ0n) is 16.0. The van der Waals surface area contributed by atoms with Gasteiger partial charge in [0.25, 0.3) is 11.8 Å². The van der Waals surface area contributed by atoms with Crippen molar-refractivity contribution in [1.82, 2.24) is 14.7 Å². The van der Waals surface area contributed by atoms with Crippen molar-refractivity contribution in [3.05, 3.63) is 65.7 Å². The van der Waals surface area contributed by atoms with Gasteiger partial charge in [-0.05, 0) is 57.0 Å².